The minimum Gasteiger partial charge on any atom is -0.274 e. The number of imide groups is 2. The lowest BCUT2D eigenvalue weighted by Crippen LogP contribution is -2.37. The molecule has 0 aromatic heterocycles. The van der Waals surface area contributed by atoms with Crippen LogP contribution < -0.4 is 9.80 Å². The van der Waals surface area contributed by atoms with Crippen LogP contribution in [0.2, 0.25) is 0 Å². The van der Waals surface area contributed by atoms with Crippen molar-refractivity contribution in [1.29, 1.82) is 0 Å². The van der Waals surface area contributed by atoms with Crippen LogP contribution in [0.3, 0.4) is 0 Å². The molecule has 9 rings (SSSR count). The van der Waals surface area contributed by atoms with Gasteiger partial charge >= 0.3 is 0 Å². The number of rotatable bonds is 10. The lowest BCUT2D eigenvalue weighted by molar-refractivity contribution is -0.125. The first-order chi connectivity index (χ1) is 24.7. The molecule has 4 amide bonds. The predicted octanol–water partition coefficient (Wildman–Crippen LogP) is 7.91. The van der Waals surface area contributed by atoms with E-state index in [2.05, 4.69) is 79.9 Å². The second-order valence-corrected chi connectivity index (χ2v) is 15.6. The van der Waals surface area contributed by atoms with Crippen LogP contribution in [0.5, 0.6) is 0 Å². The maximum Gasteiger partial charge on any atom is 0.238 e. The highest BCUT2D eigenvalue weighted by Crippen LogP contribution is 2.62. The molecular weight excluding hydrogens is 633 g/mol. The number of carbonyl (C=O) groups excluding carboxylic acids is 4. The lowest BCUT2D eigenvalue weighted by Gasteiger charge is -2.31. The Kier molecular flexibility index (Phi) is 7.32. The highest BCUT2D eigenvalue weighted by atomic mass is 16.2. The second kappa shape index (κ2) is 11.7. The van der Waals surface area contributed by atoms with E-state index in [9.17, 15) is 19.2 Å². The van der Waals surface area contributed by atoms with Gasteiger partial charge in [-0.1, -0.05) is 104 Å². The Morgan fingerprint density at radius 3 is 2.06 bits per heavy atom. The number of amides is 4. The Hall–Kier alpha value is -5.10. The number of hydrogen-bond donors (Lipinski definition) is 0. The van der Waals surface area contributed by atoms with Crippen LogP contribution in [0.1, 0.15) is 53.5 Å². The summed E-state index contributed by atoms with van der Waals surface area (Å²) in [7, 11) is 0. The third-order valence-corrected chi connectivity index (χ3v) is 13.2. The quantitative estimate of drug-likeness (QED) is 0.162. The SMILES string of the molecule is C=Cc1ccc(CCC2=CC3CC2C2C(=O)N(c4cc(N5C(=O)C6C7C=CC(CCc8ccc(C=C)cc8)(C7)C6C5=O)ccc4C)C(=O)C32)cc1. The van der Waals surface area contributed by atoms with Crippen molar-refractivity contribution in [2.24, 2.45) is 46.8 Å². The number of nitrogens with zero attached hydrogens (tertiary/aromatic N) is 2. The van der Waals surface area contributed by atoms with Gasteiger partial charge < -0.3 is 0 Å². The minimum absolute atomic E-state index is 0.0364. The fourth-order valence-corrected chi connectivity index (χ4v) is 10.6. The number of aryl methyl sites for hydroxylation is 3. The molecule has 256 valence electrons. The summed E-state index contributed by atoms with van der Waals surface area (Å²) in [6.07, 6.45) is 15.3. The summed E-state index contributed by atoms with van der Waals surface area (Å²) in [6.45, 7) is 9.56. The van der Waals surface area contributed by atoms with Crippen molar-refractivity contribution in [2.75, 3.05) is 9.80 Å². The summed E-state index contributed by atoms with van der Waals surface area (Å²) in [4.78, 5) is 59.4. The normalized spacial score (nSPS) is 31.2. The van der Waals surface area contributed by atoms with E-state index in [1.165, 1.54) is 26.5 Å². The van der Waals surface area contributed by atoms with Crippen molar-refractivity contribution in [3.63, 3.8) is 0 Å². The largest absolute Gasteiger partial charge is 0.274 e. The van der Waals surface area contributed by atoms with E-state index in [1.807, 2.05) is 25.1 Å². The summed E-state index contributed by atoms with van der Waals surface area (Å²) in [5, 5.41) is 0. The molecule has 2 saturated heterocycles. The average molecular weight is 675 g/mol. The Bertz CT molecular complexity index is 2090. The number of allylic oxidation sites excluding steroid dienone is 4. The fourth-order valence-electron chi connectivity index (χ4n) is 10.6. The van der Waals surface area contributed by atoms with E-state index in [4.69, 9.17) is 0 Å². The smallest absolute Gasteiger partial charge is 0.238 e. The molecule has 0 spiro atoms. The van der Waals surface area contributed by atoms with Gasteiger partial charge in [0.15, 0.2) is 0 Å². The van der Waals surface area contributed by atoms with Crippen molar-refractivity contribution < 1.29 is 19.2 Å². The number of fused-ring (bicyclic) bond motifs is 10. The fraction of sp³-hybridized carbons (Fsp3) is 0.333. The van der Waals surface area contributed by atoms with Gasteiger partial charge in [-0.15, -0.1) is 0 Å². The molecular formula is C45H42N2O4. The molecule has 6 nitrogen and oxygen atoms in total. The molecule has 8 unspecified atom stereocenters. The highest BCUT2D eigenvalue weighted by molar-refractivity contribution is 6.25. The predicted molar refractivity (Wildman–Crippen MR) is 199 cm³/mol. The number of hydrogen-bond acceptors (Lipinski definition) is 4. The maximum atomic E-state index is 14.3. The number of carbonyl (C=O) groups is 4. The van der Waals surface area contributed by atoms with E-state index in [0.29, 0.717) is 11.4 Å². The van der Waals surface area contributed by atoms with Crippen LogP contribution >= 0.6 is 0 Å². The topological polar surface area (TPSA) is 74.8 Å². The molecule has 3 aromatic rings. The Morgan fingerprint density at radius 1 is 0.725 bits per heavy atom. The first kappa shape index (κ1) is 31.9. The molecule has 2 aliphatic heterocycles. The number of benzene rings is 3. The van der Waals surface area contributed by atoms with Crippen LogP contribution in [0.15, 0.2) is 104 Å². The van der Waals surface area contributed by atoms with Gasteiger partial charge in [0.2, 0.25) is 23.6 Å². The zero-order chi connectivity index (χ0) is 35.2. The first-order valence-electron chi connectivity index (χ1n) is 18.4. The van der Waals surface area contributed by atoms with E-state index in [-0.39, 0.29) is 64.6 Å². The van der Waals surface area contributed by atoms with Gasteiger partial charge in [-0.3, -0.25) is 19.2 Å². The van der Waals surface area contributed by atoms with Crippen molar-refractivity contribution in [3.8, 4) is 0 Å². The van der Waals surface area contributed by atoms with Crippen molar-refractivity contribution in [3.05, 3.63) is 132 Å². The van der Waals surface area contributed by atoms with Gasteiger partial charge in [0.1, 0.15) is 0 Å². The van der Waals surface area contributed by atoms with Crippen molar-refractivity contribution in [2.45, 2.75) is 45.4 Å². The second-order valence-electron chi connectivity index (χ2n) is 15.6. The first-order valence-corrected chi connectivity index (χ1v) is 18.4. The van der Waals surface area contributed by atoms with Gasteiger partial charge in [-0.05, 0) is 103 Å². The molecule has 2 saturated carbocycles. The number of anilines is 2. The van der Waals surface area contributed by atoms with Gasteiger partial charge in [-0.2, -0.15) is 0 Å². The molecule has 6 aliphatic rings. The van der Waals surface area contributed by atoms with E-state index < -0.39 is 5.92 Å². The highest BCUT2D eigenvalue weighted by Gasteiger charge is 2.66. The van der Waals surface area contributed by atoms with E-state index >= 15 is 0 Å². The van der Waals surface area contributed by atoms with Gasteiger partial charge in [0.05, 0.1) is 35.0 Å². The molecule has 4 bridgehead atoms. The van der Waals surface area contributed by atoms with Crippen LogP contribution in [0.4, 0.5) is 11.4 Å². The van der Waals surface area contributed by atoms with Gasteiger partial charge in [0, 0.05) is 5.41 Å². The van der Waals surface area contributed by atoms with Gasteiger partial charge in [-0.25, -0.2) is 9.80 Å². The van der Waals surface area contributed by atoms with Crippen LogP contribution in [-0.4, -0.2) is 23.6 Å². The summed E-state index contributed by atoms with van der Waals surface area (Å²) >= 11 is 0. The van der Waals surface area contributed by atoms with Crippen molar-refractivity contribution in [1.82, 2.24) is 0 Å². The monoisotopic (exact) mass is 674 g/mol. The molecule has 0 N–H and O–H groups in total. The zero-order valence-corrected chi connectivity index (χ0v) is 29.0. The molecule has 8 atom stereocenters. The summed E-state index contributed by atoms with van der Waals surface area (Å²) in [5.74, 6) is -2.01. The third-order valence-electron chi connectivity index (χ3n) is 13.2. The standard InChI is InChI=1S/C45H42N2O4/c1-4-27-7-11-29(12-8-27)15-16-31-22-33-23-35(31)39-37(33)41(48)47(43(39)50)36-24-34(17-6-26(36)3)46-42(49)38-32-19-21-45(25-32,40(38)44(46)51)20-18-30-13-9-28(5-2)10-14-30/h4-14,17,19,21-22,24,32-33,35,37-40H,1-2,15-16,18,20,23,25H2,3H3. The molecule has 6 heteroatoms. The summed E-state index contributed by atoms with van der Waals surface area (Å²) in [6, 6.07) is 22.1. The Morgan fingerprint density at radius 2 is 1.37 bits per heavy atom. The Balaban J connectivity index is 0.941. The zero-order valence-electron chi connectivity index (χ0n) is 29.0. The molecule has 4 aliphatic carbocycles. The Labute approximate surface area is 299 Å². The third kappa shape index (κ3) is 4.75. The van der Waals surface area contributed by atoms with E-state index in [1.54, 1.807) is 12.1 Å². The van der Waals surface area contributed by atoms with E-state index in [0.717, 1.165) is 55.2 Å². The van der Waals surface area contributed by atoms with Gasteiger partial charge in [0.25, 0.3) is 0 Å². The van der Waals surface area contributed by atoms with Crippen LogP contribution in [0.25, 0.3) is 12.2 Å². The summed E-state index contributed by atoms with van der Waals surface area (Å²) in [5.41, 5.74) is 7.22. The average Bonchev–Trinajstić information content (AvgIpc) is 3.99. The summed E-state index contributed by atoms with van der Waals surface area (Å²) < 4.78 is 0. The molecule has 3 aromatic carbocycles. The lowest BCUT2D eigenvalue weighted by atomic mass is 9.71. The van der Waals surface area contributed by atoms with Crippen LogP contribution in [0, 0.1) is 53.8 Å². The van der Waals surface area contributed by atoms with Crippen LogP contribution in [-0.2, 0) is 32.0 Å². The molecule has 0 radical (unpaired) electrons. The molecule has 51 heavy (non-hydrogen) atoms. The van der Waals surface area contributed by atoms with Crippen molar-refractivity contribution >= 4 is 47.2 Å². The maximum absolute atomic E-state index is 14.3. The molecule has 4 fully saturated rings. The minimum atomic E-state index is -0.411. The molecule has 2 heterocycles.